The van der Waals surface area contributed by atoms with Crippen molar-refractivity contribution in [1.82, 2.24) is 20.3 Å². The molecule has 0 saturated carbocycles. The van der Waals surface area contributed by atoms with E-state index in [0.29, 0.717) is 23.3 Å². The number of aromatic amines is 1. The third kappa shape index (κ3) is 3.35. The summed E-state index contributed by atoms with van der Waals surface area (Å²) in [5, 5.41) is 3.01. The molecule has 3 rings (SSSR count). The Morgan fingerprint density at radius 3 is 3.18 bits per heavy atom. The van der Waals surface area contributed by atoms with Gasteiger partial charge >= 0.3 is 0 Å². The van der Waals surface area contributed by atoms with Gasteiger partial charge in [0.15, 0.2) is 5.65 Å². The van der Waals surface area contributed by atoms with Gasteiger partial charge in [0.05, 0.1) is 11.1 Å². The smallest absolute Gasteiger partial charge is 0.253 e. The molecule has 2 heterocycles. The number of aryl methyl sites for hydroxylation is 1. The van der Waals surface area contributed by atoms with E-state index in [2.05, 4.69) is 26.3 Å². The Labute approximate surface area is 130 Å². The molecule has 2 aromatic heterocycles. The van der Waals surface area contributed by atoms with Crippen LogP contribution >= 0.6 is 0 Å². The van der Waals surface area contributed by atoms with Crippen molar-refractivity contribution >= 4 is 17.1 Å². The molecule has 0 spiro atoms. The summed E-state index contributed by atoms with van der Waals surface area (Å²) < 4.78 is 0. The van der Waals surface area contributed by atoms with Gasteiger partial charge < -0.3 is 10.3 Å². The summed E-state index contributed by atoms with van der Waals surface area (Å²) in [6.45, 7) is 2.55. The zero-order valence-corrected chi connectivity index (χ0v) is 13.0. The molecule has 2 N–H and O–H groups in total. The van der Waals surface area contributed by atoms with E-state index in [1.807, 2.05) is 6.92 Å². The summed E-state index contributed by atoms with van der Waals surface area (Å²) in [4.78, 5) is 23.9. The number of hydrogen-bond donors (Lipinski definition) is 2. The number of pyridine rings is 1. The number of rotatable bonds is 4. The van der Waals surface area contributed by atoms with Gasteiger partial charge in [-0.15, -0.1) is 0 Å². The SMILES string of the molecule is Cc1nc2nccc(C(=O)NCCC3=CCCCCC3)c2[nH]1. The highest BCUT2D eigenvalue weighted by atomic mass is 16.1. The highest BCUT2D eigenvalue weighted by Crippen LogP contribution is 2.19. The molecule has 116 valence electrons. The lowest BCUT2D eigenvalue weighted by Crippen LogP contribution is -2.25. The van der Waals surface area contributed by atoms with Crippen molar-refractivity contribution in [3.05, 3.63) is 35.3 Å². The molecule has 0 aromatic carbocycles. The monoisotopic (exact) mass is 298 g/mol. The second-order valence-corrected chi connectivity index (χ2v) is 5.85. The third-order valence-electron chi connectivity index (χ3n) is 4.12. The first kappa shape index (κ1) is 14.8. The number of allylic oxidation sites excluding steroid dienone is 1. The lowest BCUT2D eigenvalue weighted by Gasteiger charge is -2.08. The van der Waals surface area contributed by atoms with E-state index in [1.54, 1.807) is 12.3 Å². The average Bonchev–Trinajstić information content (AvgIpc) is 2.71. The highest BCUT2D eigenvalue weighted by Gasteiger charge is 2.13. The van der Waals surface area contributed by atoms with E-state index >= 15 is 0 Å². The Morgan fingerprint density at radius 1 is 1.36 bits per heavy atom. The van der Waals surface area contributed by atoms with Crippen molar-refractivity contribution in [3.63, 3.8) is 0 Å². The van der Waals surface area contributed by atoms with Gasteiger partial charge in [0.25, 0.3) is 5.91 Å². The molecule has 0 saturated heterocycles. The summed E-state index contributed by atoms with van der Waals surface area (Å²) >= 11 is 0. The van der Waals surface area contributed by atoms with E-state index in [0.717, 1.165) is 12.2 Å². The number of carbonyl (C=O) groups excluding carboxylic acids is 1. The first-order valence-electron chi connectivity index (χ1n) is 8.01. The van der Waals surface area contributed by atoms with E-state index in [9.17, 15) is 4.79 Å². The quantitative estimate of drug-likeness (QED) is 0.851. The molecule has 0 unspecified atom stereocenters. The second kappa shape index (κ2) is 6.73. The number of fused-ring (bicyclic) bond motifs is 1. The van der Waals surface area contributed by atoms with Crippen LogP contribution in [0.25, 0.3) is 11.2 Å². The van der Waals surface area contributed by atoms with Gasteiger partial charge in [0, 0.05) is 12.7 Å². The number of carbonyl (C=O) groups is 1. The Kier molecular flexibility index (Phi) is 4.51. The zero-order valence-electron chi connectivity index (χ0n) is 13.0. The molecule has 2 aromatic rings. The lowest BCUT2D eigenvalue weighted by molar-refractivity contribution is 0.0955. The van der Waals surface area contributed by atoms with E-state index in [4.69, 9.17) is 0 Å². The van der Waals surface area contributed by atoms with Gasteiger partial charge in [0.1, 0.15) is 5.82 Å². The number of aromatic nitrogens is 3. The maximum atomic E-state index is 12.4. The average molecular weight is 298 g/mol. The van der Waals surface area contributed by atoms with Gasteiger partial charge in [-0.3, -0.25) is 4.79 Å². The first-order valence-corrected chi connectivity index (χ1v) is 8.01. The van der Waals surface area contributed by atoms with Crippen molar-refractivity contribution in [2.75, 3.05) is 6.54 Å². The number of nitrogens with zero attached hydrogens (tertiary/aromatic N) is 2. The number of imidazole rings is 1. The summed E-state index contributed by atoms with van der Waals surface area (Å²) in [5.74, 6) is 0.705. The Hall–Kier alpha value is -2.17. The minimum Gasteiger partial charge on any atom is -0.352 e. The van der Waals surface area contributed by atoms with Crippen LogP contribution in [0.15, 0.2) is 23.9 Å². The largest absolute Gasteiger partial charge is 0.352 e. The van der Waals surface area contributed by atoms with Crippen LogP contribution < -0.4 is 5.32 Å². The minimum absolute atomic E-state index is 0.0646. The molecular weight excluding hydrogens is 276 g/mol. The zero-order chi connectivity index (χ0) is 15.4. The highest BCUT2D eigenvalue weighted by molar-refractivity contribution is 6.03. The molecule has 5 heteroatoms. The molecule has 22 heavy (non-hydrogen) atoms. The second-order valence-electron chi connectivity index (χ2n) is 5.85. The van der Waals surface area contributed by atoms with Crippen molar-refractivity contribution in [2.24, 2.45) is 0 Å². The fraction of sp³-hybridized carbons (Fsp3) is 0.471. The van der Waals surface area contributed by atoms with Crippen LogP contribution in [0.1, 0.15) is 54.7 Å². The van der Waals surface area contributed by atoms with Gasteiger partial charge in [-0.25, -0.2) is 9.97 Å². The van der Waals surface area contributed by atoms with Crippen LogP contribution in [0.3, 0.4) is 0 Å². The van der Waals surface area contributed by atoms with Crippen molar-refractivity contribution in [2.45, 2.75) is 45.4 Å². The van der Waals surface area contributed by atoms with Crippen LogP contribution in [-0.4, -0.2) is 27.4 Å². The standard InChI is InChI=1S/C17H22N4O/c1-12-20-15-14(9-11-18-16(15)21-12)17(22)19-10-8-13-6-4-2-3-5-7-13/h6,9,11H,2-5,7-8,10H2,1H3,(H,19,22)(H,18,20,21). The predicted molar refractivity (Wildman–Crippen MR) is 86.7 cm³/mol. The van der Waals surface area contributed by atoms with Crippen molar-refractivity contribution in [3.8, 4) is 0 Å². The van der Waals surface area contributed by atoms with Crippen LogP contribution in [-0.2, 0) is 0 Å². The Bertz CT molecular complexity index is 702. The van der Waals surface area contributed by atoms with Crippen molar-refractivity contribution in [1.29, 1.82) is 0 Å². The van der Waals surface area contributed by atoms with E-state index in [1.165, 1.54) is 37.7 Å². The molecule has 0 atom stereocenters. The number of hydrogen-bond acceptors (Lipinski definition) is 3. The van der Waals surface area contributed by atoms with Gasteiger partial charge in [-0.05, 0) is 45.1 Å². The van der Waals surface area contributed by atoms with Gasteiger partial charge in [-0.1, -0.05) is 18.1 Å². The lowest BCUT2D eigenvalue weighted by atomic mass is 10.1. The molecule has 1 aliphatic carbocycles. The number of nitrogens with one attached hydrogen (secondary N) is 2. The number of H-pyrrole nitrogens is 1. The summed E-state index contributed by atoms with van der Waals surface area (Å²) in [5.41, 5.74) is 3.40. The van der Waals surface area contributed by atoms with Crippen LogP contribution in [0.4, 0.5) is 0 Å². The topological polar surface area (TPSA) is 70.7 Å². The maximum absolute atomic E-state index is 12.4. The Morgan fingerprint density at radius 2 is 2.27 bits per heavy atom. The molecular formula is C17H22N4O. The molecule has 0 aliphatic heterocycles. The van der Waals surface area contributed by atoms with Crippen LogP contribution in [0.5, 0.6) is 0 Å². The number of amides is 1. The molecule has 0 fully saturated rings. The van der Waals surface area contributed by atoms with Crippen LogP contribution in [0.2, 0.25) is 0 Å². The van der Waals surface area contributed by atoms with Crippen molar-refractivity contribution < 1.29 is 4.79 Å². The Balaban J connectivity index is 1.62. The molecule has 0 bridgehead atoms. The fourth-order valence-corrected chi connectivity index (χ4v) is 2.96. The summed E-state index contributed by atoms with van der Waals surface area (Å²) in [6, 6.07) is 1.74. The third-order valence-corrected chi connectivity index (χ3v) is 4.12. The van der Waals surface area contributed by atoms with E-state index in [-0.39, 0.29) is 5.91 Å². The predicted octanol–water partition coefficient (Wildman–Crippen LogP) is 3.28. The van der Waals surface area contributed by atoms with Gasteiger partial charge in [0.2, 0.25) is 0 Å². The molecule has 1 aliphatic rings. The molecule has 5 nitrogen and oxygen atoms in total. The van der Waals surface area contributed by atoms with E-state index < -0.39 is 0 Å². The normalized spacial score (nSPS) is 15.4. The fourth-order valence-electron chi connectivity index (χ4n) is 2.96. The molecule has 1 amide bonds. The molecule has 0 radical (unpaired) electrons. The maximum Gasteiger partial charge on any atom is 0.253 e. The summed E-state index contributed by atoms with van der Waals surface area (Å²) in [7, 11) is 0. The summed E-state index contributed by atoms with van der Waals surface area (Å²) in [6.07, 6.45) is 11.2. The van der Waals surface area contributed by atoms with Gasteiger partial charge in [-0.2, -0.15) is 0 Å². The first-order chi connectivity index (χ1) is 10.7. The minimum atomic E-state index is -0.0646. The van der Waals surface area contributed by atoms with Crippen LogP contribution in [0, 0.1) is 6.92 Å².